The molecule has 7 nitrogen and oxygen atoms in total. The Bertz CT molecular complexity index is 1140. The fourth-order valence-electron chi connectivity index (χ4n) is 4.06. The molecular weight excluding hydrogens is 422 g/mol. The van der Waals surface area contributed by atoms with Gasteiger partial charge in [-0.3, -0.25) is 14.5 Å². The van der Waals surface area contributed by atoms with Gasteiger partial charge in [0.1, 0.15) is 12.3 Å². The molecule has 1 aliphatic heterocycles. The number of carbonyl (C=O) groups is 1. The highest BCUT2D eigenvalue weighted by Crippen LogP contribution is 2.24. The average molecular weight is 452 g/mol. The van der Waals surface area contributed by atoms with Crippen LogP contribution in [0.15, 0.2) is 42.5 Å². The van der Waals surface area contributed by atoms with Gasteiger partial charge in [0.15, 0.2) is 10.6 Å². The van der Waals surface area contributed by atoms with Crippen molar-refractivity contribution in [2.75, 3.05) is 37.7 Å². The van der Waals surface area contributed by atoms with Gasteiger partial charge in [0.25, 0.3) is 0 Å². The molecule has 1 aliphatic rings. The first-order chi connectivity index (χ1) is 15.5. The van der Waals surface area contributed by atoms with Gasteiger partial charge in [0.2, 0.25) is 5.91 Å². The summed E-state index contributed by atoms with van der Waals surface area (Å²) in [4.78, 5) is 17.4. The number of carbonyl (C=O) groups excluding carboxylic acids is 1. The topological polar surface area (TPSA) is 66.4 Å². The van der Waals surface area contributed by atoms with Crippen LogP contribution in [0.25, 0.3) is 11.4 Å². The monoisotopic (exact) mass is 451 g/mol. The van der Waals surface area contributed by atoms with Crippen LogP contribution >= 0.6 is 12.2 Å². The lowest BCUT2D eigenvalue weighted by atomic mass is 10.1. The second-order valence-corrected chi connectivity index (χ2v) is 8.37. The molecule has 1 amide bonds. The molecule has 4 rings (SSSR count). The van der Waals surface area contributed by atoms with Crippen molar-refractivity contribution >= 4 is 23.8 Å². The minimum atomic E-state index is 0.0512. The number of anilines is 1. The van der Waals surface area contributed by atoms with Gasteiger partial charge in [-0.2, -0.15) is 5.10 Å². The van der Waals surface area contributed by atoms with Crippen LogP contribution in [0.3, 0.4) is 0 Å². The molecule has 0 radical (unpaired) electrons. The summed E-state index contributed by atoms with van der Waals surface area (Å²) in [5, 5.41) is 7.18. The van der Waals surface area contributed by atoms with Gasteiger partial charge in [-0.1, -0.05) is 12.1 Å². The van der Waals surface area contributed by atoms with Gasteiger partial charge in [-0.05, 0) is 74.4 Å². The van der Waals surface area contributed by atoms with E-state index in [9.17, 15) is 4.79 Å². The zero-order valence-electron chi connectivity index (χ0n) is 18.8. The van der Waals surface area contributed by atoms with Crippen molar-refractivity contribution in [2.24, 2.45) is 0 Å². The zero-order valence-corrected chi connectivity index (χ0v) is 19.6. The molecule has 32 heavy (non-hydrogen) atoms. The maximum absolute atomic E-state index is 13.1. The summed E-state index contributed by atoms with van der Waals surface area (Å²) >= 11 is 5.41. The van der Waals surface area contributed by atoms with Crippen molar-refractivity contribution in [2.45, 2.75) is 27.3 Å². The van der Waals surface area contributed by atoms with Crippen molar-refractivity contribution < 1.29 is 9.53 Å². The molecule has 168 valence electrons. The third kappa shape index (κ3) is 4.55. The van der Waals surface area contributed by atoms with Crippen LogP contribution in [0.2, 0.25) is 0 Å². The van der Waals surface area contributed by atoms with Crippen LogP contribution in [-0.4, -0.2) is 58.4 Å². The highest BCUT2D eigenvalue weighted by molar-refractivity contribution is 7.71. The Hall–Kier alpha value is -3.13. The van der Waals surface area contributed by atoms with Crippen molar-refractivity contribution in [3.8, 4) is 17.1 Å². The number of nitrogens with zero attached hydrogens (tertiary/aromatic N) is 4. The standard InChI is InChI=1S/C24H29N5O2S/c1-4-31-20-10-8-19(9-11-20)23-25-26-24(32)29(23)16-22(30)28-14-12-27(13-15-28)21-7-5-6-17(2)18(21)3/h5-11H,4,12-16H2,1-3H3,(H,26,32). The number of ether oxygens (including phenoxy) is 1. The average Bonchev–Trinajstić information content (AvgIpc) is 3.16. The largest absolute Gasteiger partial charge is 0.494 e. The van der Waals surface area contributed by atoms with Gasteiger partial charge in [-0.15, -0.1) is 0 Å². The van der Waals surface area contributed by atoms with Crippen LogP contribution in [0.1, 0.15) is 18.1 Å². The Kier molecular flexibility index (Phi) is 6.60. The van der Waals surface area contributed by atoms with E-state index in [0.717, 1.165) is 24.4 Å². The minimum absolute atomic E-state index is 0.0512. The Labute approximate surface area is 193 Å². The number of benzene rings is 2. The lowest BCUT2D eigenvalue weighted by Gasteiger charge is -2.37. The SMILES string of the molecule is CCOc1ccc(-c2n[nH]c(=S)n2CC(=O)N2CCN(c3cccc(C)c3C)CC2)cc1. The van der Waals surface area contributed by atoms with E-state index < -0.39 is 0 Å². The molecule has 0 bridgehead atoms. The maximum atomic E-state index is 13.1. The van der Waals surface area contributed by atoms with Crippen LogP contribution in [-0.2, 0) is 11.3 Å². The van der Waals surface area contributed by atoms with Crippen molar-refractivity contribution in [3.05, 3.63) is 58.4 Å². The number of hydrogen-bond acceptors (Lipinski definition) is 5. The van der Waals surface area contributed by atoms with Crippen LogP contribution in [0.5, 0.6) is 5.75 Å². The summed E-state index contributed by atoms with van der Waals surface area (Å²) < 4.78 is 7.72. The Morgan fingerprint density at radius 1 is 1.09 bits per heavy atom. The highest BCUT2D eigenvalue weighted by Gasteiger charge is 2.23. The normalized spacial score (nSPS) is 14.0. The first-order valence-corrected chi connectivity index (χ1v) is 11.4. The molecule has 0 unspecified atom stereocenters. The maximum Gasteiger partial charge on any atom is 0.242 e. The second kappa shape index (κ2) is 9.56. The number of aromatic nitrogens is 3. The minimum Gasteiger partial charge on any atom is -0.494 e. The molecule has 3 aromatic rings. The van der Waals surface area contributed by atoms with Crippen molar-refractivity contribution in [1.82, 2.24) is 19.7 Å². The lowest BCUT2D eigenvalue weighted by Crippen LogP contribution is -2.49. The molecule has 2 heterocycles. The van der Waals surface area contributed by atoms with E-state index in [-0.39, 0.29) is 12.5 Å². The van der Waals surface area contributed by atoms with E-state index in [1.54, 1.807) is 4.57 Å². The third-order valence-corrected chi connectivity index (χ3v) is 6.34. The van der Waals surface area contributed by atoms with Crippen LogP contribution in [0, 0.1) is 18.6 Å². The lowest BCUT2D eigenvalue weighted by molar-refractivity contribution is -0.132. The molecule has 0 saturated carbocycles. The van der Waals surface area contributed by atoms with Gasteiger partial charge < -0.3 is 14.5 Å². The van der Waals surface area contributed by atoms with E-state index in [1.165, 1.54) is 16.8 Å². The first kappa shape index (κ1) is 22.1. The molecule has 0 spiro atoms. The quantitative estimate of drug-likeness (QED) is 0.575. The predicted octanol–water partition coefficient (Wildman–Crippen LogP) is 3.97. The number of rotatable bonds is 6. The molecule has 1 N–H and O–H groups in total. The smallest absolute Gasteiger partial charge is 0.242 e. The van der Waals surface area contributed by atoms with E-state index in [4.69, 9.17) is 17.0 Å². The number of hydrogen-bond donors (Lipinski definition) is 1. The molecule has 1 saturated heterocycles. The first-order valence-electron chi connectivity index (χ1n) is 10.9. The molecule has 0 aliphatic carbocycles. The molecule has 2 aromatic carbocycles. The molecule has 8 heteroatoms. The zero-order chi connectivity index (χ0) is 22.7. The van der Waals surface area contributed by atoms with E-state index in [1.807, 2.05) is 36.1 Å². The fourth-order valence-corrected chi connectivity index (χ4v) is 4.26. The van der Waals surface area contributed by atoms with E-state index in [0.29, 0.717) is 30.3 Å². The number of H-pyrrole nitrogens is 1. The van der Waals surface area contributed by atoms with Gasteiger partial charge >= 0.3 is 0 Å². The van der Waals surface area contributed by atoms with Gasteiger partial charge in [0, 0.05) is 37.4 Å². The molecule has 1 fully saturated rings. The van der Waals surface area contributed by atoms with Crippen molar-refractivity contribution in [3.63, 3.8) is 0 Å². The van der Waals surface area contributed by atoms with Crippen LogP contribution in [0.4, 0.5) is 5.69 Å². The van der Waals surface area contributed by atoms with Gasteiger partial charge in [-0.25, -0.2) is 0 Å². The summed E-state index contributed by atoms with van der Waals surface area (Å²) in [5.41, 5.74) is 4.73. The third-order valence-electron chi connectivity index (χ3n) is 6.02. The summed E-state index contributed by atoms with van der Waals surface area (Å²) in [5.74, 6) is 1.51. The molecular formula is C24H29N5O2S. The summed E-state index contributed by atoms with van der Waals surface area (Å²) in [7, 11) is 0. The van der Waals surface area contributed by atoms with Crippen molar-refractivity contribution in [1.29, 1.82) is 0 Å². The molecule has 1 aromatic heterocycles. The summed E-state index contributed by atoms with van der Waals surface area (Å²) in [6.45, 7) is 10.0. The second-order valence-electron chi connectivity index (χ2n) is 7.98. The Morgan fingerprint density at radius 3 is 2.50 bits per heavy atom. The number of aryl methyl sites for hydroxylation is 1. The number of nitrogens with one attached hydrogen (secondary N) is 1. The fraction of sp³-hybridized carbons (Fsp3) is 0.375. The van der Waals surface area contributed by atoms with Gasteiger partial charge in [0.05, 0.1) is 6.61 Å². The van der Waals surface area contributed by atoms with E-state index >= 15 is 0 Å². The van der Waals surface area contributed by atoms with E-state index in [2.05, 4.69) is 47.1 Å². The predicted molar refractivity (Wildman–Crippen MR) is 129 cm³/mol. The Morgan fingerprint density at radius 2 is 1.81 bits per heavy atom. The molecule has 0 atom stereocenters. The number of aromatic amines is 1. The number of amides is 1. The van der Waals surface area contributed by atoms with Crippen LogP contribution < -0.4 is 9.64 Å². The number of piperazine rings is 1. The Balaban J connectivity index is 1.43. The summed E-state index contributed by atoms with van der Waals surface area (Å²) in [6, 6.07) is 14.0. The summed E-state index contributed by atoms with van der Waals surface area (Å²) in [6.07, 6.45) is 0. The highest BCUT2D eigenvalue weighted by atomic mass is 32.1.